The maximum Gasteiger partial charge on any atom is 0.325 e. The molecule has 0 unspecified atom stereocenters. The zero-order chi connectivity index (χ0) is 19.1. The number of carbonyl (C=O) groups is 1. The molecule has 0 aliphatic carbocycles. The lowest BCUT2D eigenvalue weighted by Crippen LogP contribution is -2.34. The average molecular weight is 355 g/mol. The Morgan fingerprint density at radius 1 is 1.07 bits per heavy atom. The van der Waals surface area contributed by atoms with E-state index in [1.54, 1.807) is 11.9 Å². The summed E-state index contributed by atoms with van der Waals surface area (Å²) in [6.07, 6.45) is 1.84. The van der Waals surface area contributed by atoms with E-state index in [0.29, 0.717) is 11.4 Å². The van der Waals surface area contributed by atoms with Gasteiger partial charge in [-0.25, -0.2) is 4.79 Å². The molecule has 0 aromatic heterocycles. The van der Waals surface area contributed by atoms with Crippen molar-refractivity contribution in [2.24, 2.45) is 0 Å². The Morgan fingerprint density at radius 2 is 1.85 bits per heavy atom. The highest BCUT2D eigenvalue weighted by Crippen LogP contribution is 2.39. The summed E-state index contributed by atoms with van der Waals surface area (Å²) in [6, 6.07) is 18.0. The van der Waals surface area contributed by atoms with Crippen LogP contribution in [0.1, 0.15) is 22.3 Å². The van der Waals surface area contributed by atoms with E-state index in [-0.39, 0.29) is 6.03 Å². The first kappa shape index (κ1) is 16.9. The predicted octanol–water partition coefficient (Wildman–Crippen LogP) is 4.75. The molecule has 1 heterocycles. The molecule has 134 valence electrons. The fraction of sp³-hybridized carbons (Fsp3) is 0.0870. The third kappa shape index (κ3) is 2.75. The molecule has 0 saturated carbocycles. The van der Waals surface area contributed by atoms with Crippen LogP contribution in [0.3, 0.4) is 0 Å². The van der Waals surface area contributed by atoms with E-state index in [1.807, 2.05) is 36.5 Å². The summed E-state index contributed by atoms with van der Waals surface area (Å²) < 4.78 is 0. The van der Waals surface area contributed by atoms with Crippen molar-refractivity contribution in [3.05, 3.63) is 89.6 Å². The monoisotopic (exact) mass is 355 g/mol. The summed E-state index contributed by atoms with van der Waals surface area (Å²) in [5.41, 5.74) is 12.5. The Labute approximate surface area is 158 Å². The third-order valence-electron chi connectivity index (χ3n) is 5.02. The van der Waals surface area contributed by atoms with Crippen molar-refractivity contribution in [2.75, 3.05) is 12.8 Å². The molecule has 0 fully saturated rings. The van der Waals surface area contributed by atoms with Crippen molar-refractivity contribution < 1.29 is 4.79 Å². The number of fused-ring (bicyclic) bond motifs is 2. The van der Waals surface area contributed by atoms with Crippen LogP contribution >= 0.6 is 0 Å². The molecular formula is C23H21N3O. The highest BCUT2D eigenvalue weighted by atomic mass is 16.2. The number of benzene rings is 3. The predicted molar refractivity (Wildman–Crippen MR) is 112 cm³/mol. The Morgan fingerprint density at radius 3 is 2.59 bits per heavy atom. The number of nitrogens with two attached hydrogens (primary N) is 1. The van der Waals surface area contributed by atoms with Crippen LogP contribution in [0.15, 0.2) is 67.4 Å². The lowest BCUT2D eigenvalue weighted by atomic mass is 9.87. The SMILES string of the molecule is C=C1c2cc3cccc(C)c3cc2C(c2cccc(N)c2)=CN1C(=O)NC. The molecule has 0 bridgehead atoms. The van der Waals surface area contributed by atoms with Gasteiger partial charge < -0.3 is 11.1 Å². The second kappa shape index (κ2) is 6.32. The van der Waals surface area contributed by atoms with Gasteiger partial charge in [0.25, 0.3) is 0 Å². The molecule has 4 rings (SSSR count). The fourth-order valence-electron chi connectivity index (χ4n) is 3.59. The molecule has 27 heavy (non-hydrogen) atoms. The second-order valence-electron chi connectivity index (χ2n) is 6.73. The zero-order valence-electron chi connectivity index (χ0n) is 15.4. The Hall–Kier alpha value is -3.53. The first-order chi connectivity index (χ1) is 13.0. The topological polar surface area (TPSA) is 58.4 Å². The molecule has 0 saturated heterocycles. The van der Waals surface area contributed by atoms with Gasteiger partial charge in [0.1, 0.15) is 0 Å². The largest absolute Gasteiger partial charge is 0.399 e. The number of nitrogen functional groups attached to an aromatic ring is 1. The van der Waals surface area contributed by atoms with E-state index in [9.17, 15) is 4.79 Å². The summed E-state index contributed by atoms with van der Waals surface area (Å²) in [7, 11) is 1.61. The van der Waals surface area contributed by atoms with Gasteiger partial charge in [0.15, 0.2) is 0 Å². The normalized spacial score (nSPS) is 13.3. The minimum Gasteiger partial charge on any atom is -0.399 e. The third-order valence-corrected chi connectivity index (χ3v) is 5.02. The summed E-state index contributed by atoms with van der Waals surface area (Å²) in [5.74, 6) is 0. The Balaban J connectivity index is 2.03. The maximum absolute atomic E-state index is 12.4. The van der Waals surface area contributed by atoms with Gasteiger partial charge in [-0.3, -0.25) is 4.90 Å². The summed E-state index contributed by atoms with van der Waals surface area (Å²) in [5, 5.41) is 5.00. The van der Waals surface area contributed by atoms with Crippen molar-refractivity contribution in [3.63, 3.8) is 0 Å². The Bertz CT molecular complexity index is 1130. The first-order valence-corrected chi connectivity index (χ1v) is 8.81. The van der Waals surface area contributed by atoms with Crippen LogP contribution in [0, 0.1) is 6.92 Å². The quantitative estimate of drug-likeness (QED) is 0.619. The van der Waals surface area contributed by atoms with Crippen LogP contribution in [0.2, 0.25) is 0 Å². The number of anilines is 1. The van der Waals surface area contributed by atoms with Crippen LogP contribution < -0.4 is 11.1 Å². The van der Waals surface area contributed by atoms with Crippen molar-refractivity contribution in [1.29, 1.82) is 0 Å². The van der Waals surface area contributed by atoms with Crippen molar-refractivity contribution in [2.45, 2.75) is 6.92 Å². The standard InChI is InChI=1S/C23H21N3O/c1-14-6-4-7-17-11-20-15(2)26(23(27)25-3)13-22(21(20)12-19(14)17)16-8-5-9-18(24)10-16/h4-13H,2,24H2,1,3H3,(H,25,27). The number of hydrogen-bond donors (Lipinski definition) is 2. The summed E-state index contributed by atoms with van der Waals surface area (Å²) >= 11 is 0. The number of rotatable bonds is 1. The zero-order valence-corrected chi connectivity index (χ0v) is 15.4. The molecule has 4 nitrogen and oxygen atoms in total. The molecule has 1 aliphatic heterocycles. The molecule has 4 heteroatoms. The van der Waals surface area contributed by atoms with E-state index in [1.165, 1.54) is 10.9 Å². The minimum absolute atomic E-state index is 0.226. The van der Waals surface area contributed by atoms with Crippen LogP contribution in [-0.4, -0.2) is 18.0 Å². The number of hydrogen-bond acceptors (Lipinski definition) is 2. The fourth-order valence-corrected chi connectivity index (χ4v) is 3.59. The van der Waals surface area contributed by atoms with Crippen molar-refractivity contribution in [1.82, 2.24) is 10.2 Å². The van der Waals surface area contributed by atoms with Gasteiger partial charge in [-0.1, -0.05) is 36.9 Å². The molecule has 1 aliphatic rings. The van der Waals surface area contributed by atoms with Gasteiger partial charge >= 0.3 is 6.03 Å². The highest BCUT2D eigenvalue weighted by Gasteiger charge is 2.26. The molecule has 0 atom stereocenters. The van der Waals surface area contributed by atoms with Crippen molar-refractivity contribution >= 4 is 33.8 Å². The number of urea groups is 1. The molecule has 3 N–H and O–H groups in total. The Kier molecular flexibility index (Phi) is 3.96. The van der Waals surface area contributed by atoms with E-state index >= 15 is 0 Å². The molecule has 2 amide bonds. The first-order valence-electron chi connectivity index (χ1n) is 8.81. The number of nitrogens with one attached hydrogen (secondary N) is 1. The lowest BCUT2D eigenvalue weighted by Gasteiger charge is -2.30. The number of nitrogens with zero attached hydrogens (tertiary/aromatic N) is 1. The molecule has 0 spiro atoms. The van der Waals surface area contributed by atoms with Crippen LogP contribution in [0.4, 0.5) is 10.5 Å². The lowest BCUT2D eigenvalue weighted by molar-refractivity contribution is 0.230. The molecule has 3 aromatic carbocycles. The van der Waals surface area contributed by atoms with E-state index in [2.05, 4.69) is 43.1 Å². The van der Waals surface area contributed by atoms with E-state index < -0.39 is 0 Å². The molecule has 0 radical (unpaired) electrons. The van der Waals surface area contributed by atoms with Crippen molar-refractivity contribution in [3.8, 4) is 0 Å². The number of amides is 2. The van der Waals surface area contributed by atoms with Gasteiger partial charge in [0, 0.05) is 30.1 Å². The molecular weight excluding hydrogens is 334 g/mol. The maximum atomic E-state index is 12.4. The number of aryl methyl sites for hydroxylation is 1. The van der Waals surface area contributed by atoms with Crippen LogP contribution in [-0.2, 0) is 0 Å². The smallest absolute Gasteiger partial charge is 0.325 e. The molecule has 3 aromatic rings. The minimum atomic E-state index is -0.226. The van der Waals surface area contributed by atoms with Gasteiger partial charge in [-0.05, 0) is 58.7 Å². The van der Waals surface area contributed by atoms with Gasteiger partial charge in [0.05, 0.1) is 5.70 Å². The van der Waals surface area contributed by atoms with Crippen LogP contribution in [0.25, 0.3) is 22.0 Å². The van der Waals surface area contributed by atoms with Gasteiger partial charge in [0.2, 0.25) is 0 Å². The van der Waals surface area contributed by atoms with Gasteiger partial charge in [-0.15, -0.1) is 0 Å². The van der Waals surface area contributed by atoms with Gasteiger partial charge in [-0.2, -0.15) is 0 Å². The highest BCUT2D eigenvalue weighted by molar-refractivity contribution is 6.02. The van der Waals surface area contributed by atoms with E-state index in [0.717, 1.165) is 27.6 Å². The summed E-state index contributed by atoms with van der Waals surface area (Å²) in [4.78, 5) is 14.0. The number of carbonyl (C=O) groups excluding carboxylic acids is 1. The average Bonchev–Trinajstić information content (AvgIpc) is 2.67. The van der Waals surface area contributed by atoms with E-state index in [4.69, 9.17) is 5.73 Å². The summed E-state index contributed by atoms with van der Waals surface area (Å²) in [6.45, 7) is 6.28. The van der Waals surface area contributed by atoms with Crippen LogP contribution in [0.5, 0.6) is 0 Å². The second-order valence-corrected chi connectivity index (χ2v) is 6.73.